The SMILES string of the molecule is CCCCSC1(CC2=CC=CC2)CC=C(C)C=C1C. The lowest BCUT2D eigenvalue weighted by Crippen LogP contribution is -2.29. The Kier molecular flexibility index (Phi) is 5.15. The van der Waals surface area contributed by atoms with Gasteiger partial charge in [0, 0.05) is 4.75 Å². The minimum Gasteiger partial charge on any atom is -0.150 e. The molecule has 0 aromatic carbocycles. The summed E-state index contributed by atoms with van der Waals surface area (Å²) in [6.07, 6.45) is 17.8. The smallest absolute Gasteiger partial charge is 0.0440 e. The molecule has 0 bridgehead atoms. The van der Waals surface area contributed by atoms with Crippen molar-refractivity contribution in [2.24, 2.45) is 0 Å². The highest BCUT2D eigenvalue weighted by molar-refractivity contribution is 8.00. The normalized spacial score (nSPS) is 26.2. The Bertz CT molecular complexity index is 437. The molecule has 1 unspecified atom stereocenters. The fraction of sp³-hybridized carbons (Fsp3) is 0.556. The number of hydrogen-bond donors (Lipinski definition) is 0. The van der Waals surface area contributed by atoms with Crippen molar-refractivity contribution in [3.63, 3.8) is 0 Å². The molecule has 0 aliphatic heterocycles. The summed E-state index contributed by atoms with van der Waals surface area (Å²) in [5.74, 6) is 1.29. The van der Waals surface area contributed by atoms with Gasteiger partial charge in [-0.25, -0.2) is 0 Å². The van der Waals surface area contributed by atoms with Crippen LogP contribution in [0.3, 0.4) is 0 Å². The van der Waals surface area contributed by atoms with Crippen molar-refractivity contribution < 1.29 is 0 Å². The van der Waals surface area contributed by atoms with Gasteiger partial charge >= 0.3 is 0 Å². The second kappa shape index (κ2) is 6.65. The summed E-state index contributed by atoms with van der Waals surface area (Å²) in [6.45, 7) is 6.84. The Morgan fingerprint density at radius 1 is 1.32 bits per heavy atom. The van der Waals surface area contributed by atoms with Gasteiger partial charge in [0.2, 0.25) is 0 Å². The molecule has 1 heteroatoms. The molecule has 2 aliphatic rings. The monoisotopic (exact) mass is 274 g/mol. The summed E-state index contributed by atoms with van der Waals surface area (Å²) < 4.78 is 0.326. The molecule has 0 radical (unpaired) electrons. The van der Waals surface area contributed by atoms with Gasteiger partial charge < -0.3 is 0 Å². The lowest BCUT2D eigenvalue weighted by molar-refractivity contribution is 0.653. The first-order chi connectivity index (χ1) is 9.16. The van der Waals surface area contributed by atoms with Crippen LogP contribution in [0.25, 0.3) is 0 Å². The number of unbranched alkanes of at least 4 members (excludes halogenated alkanes) is 1. The van der Waals surface area contributed by atoms with E-state index in [1.165, 1.54) is 37.0 Å². The minimum atomic E-state index is 0.326. The van der Waals surface area contributed by atoms with Crippen molar-refractivity contribution in [3.05, 3.63) is 47.1 Å². The Labute approximate surface area is 122 Å². The maximum absolute atomic E-state index is 2.43. The fourth-order valence-corrected chi connectivity index (χ4v) is 4.45. The zero-order valence-electron chi connectivity index (χ0n) is 12.5. The van der Waals surface area contributed by atoms with E-state index in [2.05, 4.69) is 62.9 Å². The first-order valence-electron chi connectivity index (χ1n) is 7.50. The zero-order valence-corrected chi connectivity index (χ0v) is 13.4. The van der Waals surface area contributed by atoms with E-state index in [1.54, 1.807) is 11.1 Å². The molecule has 0 fully saturated rings. The summed E-state index contributed by atoms with van der Waals surface area (Å²) in [6, 6.07) is 0. The molecule has 0 nitrogen and oxygen atoms in total. The van der Waals surface area contributed by atoms with Gasteiger partial charge in [0.1, 0.15) is 0 Å². The quantitative estimate of drug-likeness (QED) is 0.549. The number of allylic oxidation sites excluding steroid dienone is 7. The van der Waals surface area contributed by atoms with E-state index in [4.69, 9.17) is 0 Å². The molecule has 0 heterocycles. The van der Waals surface area contributed by atoms with Crippen LogP contribution >= 0.6 is 11.8 Å². The minimum absolute atomic E-state index is 0.326. The van der Waals surface area contributed by atoms with Gasteiger partial charge in [-0.2, -0.15) is 11.8 Å². The Hall–Kier alpha value is -0.690. The predicted molar refractivity (Wildman–Crippen MR) is 88.7 cm³/mol. The van der Waals surface area contributed by atoms with Gasteiger partial charge in [-0.3, -0.25) is 0 Å². The Morgan fingerprint density at radius 3 is 2.79 bits per heavy atom. The van der Waals surface area contributed by atoms with Crippen molar-refractivity contribution >= 4 is 11.8 Å². The number of rotatable bonds is 6. The maximum atomic E-state index is 2.43. The largest absolute Gasteiger partial charge is 0.150 e. The average Bonchev–Trinajstić information content (AvgIpc) is 2.87. The third kappa shape index (κ3) is 3.66. The third-order valence-corrected chi connectivity index (χ3v) is 5.83. The van der Waals surface area contributed by atoms with E-state index in [-0.39, 0.29) is 0 Å². The van der Waals surface area contributed by atoms with Crippen LogP contribution in [0.5, 0.6) is 0 Å². The summed E-state index contributed by atoms with van der Waals surface area (Å²) in [5, 5.41) is 0. The molecular formula is C18H26S. The van der Waals surface area contributed by atoms with Crippen LogP contribution in [-0.2, 0) is 0 Å². The molecule has 0 aromatic rings. The van der Waals surface area contributed by atoms with Crippen LogP contribution in [0.4, 0.5) is 0 Å². The first kappa shape index (κ1) is 14.7. The molecule has 2 rings (SSSR count). The molecule has 2 aliphatic carbocycles. The van der Waals surface area contributed by atoms with Crippen LogP contribution in [-0.4, -0.2) is 10.5 Å². The molecule has 19 heavy (non-hydrogen) atoms. The average molecular weight is 274 g/mol. The second-order valence-corrected chi connectivity index (χ2v) is 7.29. The van der Waals surface area contributed by atoms with Crippen LogP contribution in [0, 0.1) is 0 Å². The lowest BCUT2D eigenvalue weighted by atomic mass is 9.83. The molecule has 0 saturated carbocycles. The Morgan fingerprint density at radius 2 is 2.16 bits per heavy atom. The van der Waals surface area contributed by atoms with Crippen LogP contribution < -0.4 is 0 Å². The topological polar surface area (TPSA) is 0 Å². The molecule has 0 spiro atoms. The molecule has 1 atom stereocenters. The molecule has 0 aromatic heterocycles. The van der Waals surface area contributed by atoms with E-state index in [9.17, 15) is 0 Å². The summed E-state index contributed by atoms with van der Waals surface area (Å²) in [7, 11) is 0. The van der Waals surface area contributed by atoms with Crippen molar-refractivity contribution in [1.29, 1.82) is 0 Å². The van der Waals surface area contributed by atoms with E-state index in [0.29, 0.717) is 4.75 Å². The number of hydrogen-bond acceptors (Lipinski definition) is 1. The summed E-state index contributed by atoms with van der Waals surface area (Å²) in [4.78, 5) is 0. The predicted octanol–water partition coefficient (Wildman–Crippen LogP) is 5.83. The summed E-state index contributed by atoms with van der Waals surface area (Å²) in [5.41, 5.74) is 4.61. The van der Waals surface area contributed by atoms with Crippen molar-refractivity contribution in [2.45, 2.75) is 57.6 Å². The number of thioether (sulfide) groups is 1. The second-order valence-electron chi connectivity index (χ2n) is 5.81. The van der Waals surface area contributed by atoms with Gasteiger partial charge in [0.15, 0.2) is 0 Å². The molecule has 0 saturated heterocycles. The van der Waals surface area contributed by atoms with Gasteiger partial charge in [-0.05, 0) is 45.3 Å². The van der Waals surface area contributed by atoms with Gasteiger partial charge in [0.05, 0.1) is 0 Å². The van der Waals surface area contributed by atoms with Crippen LogP contribution in [0.1, 0.15) is 52.9 Å². The highest BCUT2D eigenvalue weighted by Crippen LogP contribution is 2.46. The van der Waals surface area contributed by atoms with Gasteiger partial charge in [-0.1, -0.05) is 60.4 Å². The molecule has 0 N–H and O–H groups in total. The van der Waals surface area contributed by atoms with Crippen molar-refractivity contribution in [1.82, 2.24) is 0 Å². The van der Waals surface area contributed by atoms with Crippen LogP contribution in [0.2, 0.25) is 0 Å². The highest BCUT2D eigenvalue weighted by Gasteiger charge is 2.34. The lowest BCUT2D eigenvalue weighted by Gasteiger charge is -2.37. The van der Waals surface area contributed by atoms with Gasteiger partial charge in [0.25, 0.3) is 0 Å². The molecule has 0 amide bonds. The van der Waals surface area contributed by atoms with Crippen molar-refractivity contribution in [2.75, 3.05) is 5.75 Å². The van der Waals surface area contributed by atoms with E-state index in [0.717, 1.165) is 6.42 Å². The van der Waals surface area contributed by atoms with E-state index >= 15 is 0 Å². The molecule has 104 valence electrons. The fourth-order valence-electron chi connectivity index (χ4n) is 2.86. The van der Waals surface area contributed by atoms with Crippen LogP contribution in [0.15, 0.2) is 47.1 Å². The van der Waals surface area contributed by atoms with E-state index < -0.39 is 0 Å². The Balaban J connectivity index is 2.11. The molecular weight excluding hydrogens is 248 g/mol. The van der Waals surface area contributed by atoms with E-state index in [1.807, 2.05) is 0 Å². The standard InChI is InChI=1S/C18H26S/c1-4-5-12-19-18(14-17-8-6-7-9-17)11-10-15(2)13-16(18)3/h6-8,10,13H,4-5,9,11-12,14H2,1-3H3. The highest BCUT2D eigenvalue weighted by atomic mass is 32.2. The zero-order chi connectivity index (χ0) is 13.7. The van der Waals surface area contributed by atoms with Crippen molar-refractivity contribution in [3.8, 4) is 0 Å². The van der Waals surface area contributed by atoms with Gasteiger partial charge in [-0.15, -0.1) is 0 Å². The first-order valence-corrected chi connectivity index (χ1v) is 8.49. The third-order valence-electron chi connectivity index (χ3n) is 4.15. The maximum Gasteiger partial charge on any atom is 0.0440 e. The summed E-state index contributed by atoms with van der Waals surface area (Å²) >= 11 is 2.18.